The van der Waals surface area contributed by atoms with E-state index in [1.165, 1.54) is 6.07 Å². The first kappa shape index (κ1) is 28.8. The largest absolute Gasteiger partial charge is 0.507 e. The smallest absolute Gasteiger partial charge is 0.343 e. The lowest BCUT2D eigenvalue weighted by Gasteiger charge is -2.38. The van der Waals surface area contributed by atoms with Crippen molar-refractivity contribution >= 4 is 38.9 Å². The van der Waals surface area contributed by atoms with Crippen LogP contribution in [0.15, 0.2) is 71.4 Å². The molecule has 2 aliphatic heterocycles. The number of halogens is 1. The summed E-state index contributed by atoms with van der Waals surface area (Å²) in [7, 11) is -3.41. The van der Waals surface area contributed by atoms with Gasteiger partial charge in [-0.15, -0.1) is 0 Å². The number of aromatic nitrogens is 1. The molecule has 0 bridgehead atoms. The number of rotatable bonds is 7. The number of carbonyl (C=O) groups excluding carboxylic acids is 2. The van der Waals surface area contributed by atoms with Crippen LogP contribution in [0.4, 0.5) is 0 Å². The number of aliphatic hydroxyl groups excluding tert-OH is 1. The minimum atomic E-state index is -3.41. The maximum atomic E-state index is 13.2. The highest BCUT2D eigenvalue weighted by Gasteiger charge is 2.51. The van der Waals surface area contributed by atoms with Crippen LogP contribution in [0.5, 0.6) is 0 Å². The SMILES string of the molecule is Cc1cc(-c2cccc(S(C)(=O)=O)c2)c(Cl)cc1C1=C(O)C2(CCCN(CC(=O)NCc3ccccn3)C2)OC1=O. The Hall–Kier alpha value is -3.73. The van der Waals surface area contributed by atoms with E-state index in [0.29, 0.717) is 53.2 Å². The third-order valence-corrected chi connectivity index (χ3v) is 8.83. The first-order chi connectivity index (χ1) is 19.5. The number of esters is 1. The molecule has 5 rings (SSSR count). The number of pyridine rings is 1. The summed E-state index contributed by atoms with van der Waals surface area (Å²) < 4.78 is 29.9. The van der Waals surface area contributed by atoms with E-state index >= 15 is 0 Å². The fourth-order valence-corrected chi connectivity index (χ4v) is 6.31. The molecule has 3 heterocycles. The van der Waals surface area contributed by atoms with Gasteiger partial charge in [0.05, 0.1) is 23.7 Å². The second-order valence-electron chi connectivity index (χ2n) is 10.5. The molecule has 1 atom stereocenters. The Morgan fingerprint density at radius 2 is 1.98 bits per heavy atom. The van der Waals surface area contributed by atoms with Crippen LogP contribution < -0.4 is 5.32 Å². The number of ether oxygens (including phenoxy) is 1. The summed E-state index contributed by atoms with van der Waals surface area (Å²) in [6.07, 6.45) is 3.84. The normalized spacial score (nSPS) is 19.4. The Balaban J connectivity index is 1.37. The monoisotopic (exact) mass is 595 g/mol. The lowest BCUT2D eigenvalue weighted by Crippen LogP contribution is -2.52. The number of amides is 1. The molecule has 214 valence electrons. The second kappa shape index (κ2) is 11.3. The molecule has 1 spiro atoms. The van der Waals surface area contributed by atoms with Crippen LogP contribution in [0.1, 0.15) is 29.7 Å². The second-order valence-corrected chi connectivity index (χ2v) is 12.9. The number of hydrogen-bond acceptors (Lipinski definition) is 8. The molecule has 1 fully saturated rings. The molecule has 2 aliphatic rings. The number of carbonyl (C=O) groups is 2. The van der Waals surface area contributed by atoms with Crippen molar-refractivity contribution in [2.45, 2.75) is 36.8 Å². The zero-order valence-corrected chi connectivity index (χ0v) is 24.3. The summed E-state index contributed by atoms with van der Waals surface area (Å²) in [5, 5.41) is 14.6. The molecule has 11 heteroatoms. The predicted octanol–water partition coefficient (Wildman–Crippen LogP) is 4.09. The number of likely N-dealkylation sites (tertiary alicyclic amines) is 1. The minimum absolute atomic E-state index is 0.0438. The zero-order valence-electron chi connectivity index (χ0n) is 22.7. The van der Waals surface area contributed by atoms with Gasteiger partial charge in [-0.1, -0.05) is 29.8 Å². The highest BCUT2D eigenvalue weighted by Crippen LogP contribution is 2.44. The Kier molecular flexibility index (Phi) is 7.91. The van der Waals surface area contributed by atoms with Crippen molar-refractivity contribution in [1.29, 1.82) is 0 Å². The van der Waals surface area contributed by atoms with E-state index in [-0.39, 0.29) is 35.2 Å². The summed E-state index contributed by atoms with van der Waals surface area (Å²) >= 11 is 6.65. The number of sulfone groups is 1. The predicted molar refractivity (Wildman–Crippen MR) is 155 cm³/mol. The molecule has 0 radical (unpaired) electrons. The summed E-state index contributed by atoms with van der Waals surface area (Å²) in [6, 6.07) is 15.3. The Labute approximate surface area is 243 Å². The van der Waals surface area contributed by atoms with Crippen molar-refractivity contribution in [3.63, 3.8) is 0 Å². The van der Waals surface area contributed by atoms with E-state index < -0.39 is 21.4 Å². The first-order valence-corrected chi connectivity index (χ1v) is 15.4. The maximum Gasteiger partial charge on any atom is 0.343 e. The molecule has 1 saturated heterocycles. The van der Waals surface area contributed by atoms with Gasteiger partial charge in [-0.25, -0.2) is 13.2 Å². The van der Waals surface area contributed by atoms with Crippen molar-refractivity contribution in [2.24, 2.45) is 0 Å². The van der Waals surface area contributed by atoms with E-state index in [0.717, 1.165) is 11.9 Å². The number of piperidine rings is 1. The zero-order chi connectivity index (χ0) is 29.4. The van der Waals surface area contributed by atoms with E-state index in [2.05, 4.69) is 10.3 Å². The van der Waals surface area contributed by atoms with Gasteiger partial charge in [0.1, 0.15) is 5.57 Å². The number of nitrogens with one attached hydrogen (secondary N) is 1. The van der Waals surface area contributed by atoms with Crippen LogP contribution in [0.3, 0.4) is 0 Å². The molecule has 1 aromatic heterocycles. The van der Waals surface area contributed by atoms with Crippen LogP contribution in [0.25, 0.3) is 16.7 Å². The van der Waals surface area contributed by atoms with Gasteiger partial charge in [0.25, 0.3) is 0 Å². The number of nitrogens with zero attached hydrogens (tertiary/aromatic N) is 2. The van der Waals surface area contributed by atoms with Crippen molar-refractivity contribution in [1.82, 2.24) is 15.2 Å². The van der Waals surface area contributed by atoms with Gasteiger partial charge in [-0.2, -0.15) is 0 Å². The average Bonchev–Trinajstić information content (AvgIpc) is 3.16. The van der Waals surface area contributed by atoms with E-state index in [1.807, 2.05) is 17.0 Å². The van der Waals surface area contributed by atoms with Crippen molar-refractivity contribution in [3.8, 4) is 11.1 Å². The standard InChI is InChI=1S/C30H30ClN3O6S/c1-19-13-24(20-7-5-9-22(14-20)41(2,38)39)25(31)15-23(19)27-28(36)30(40-29(27)37)10-6-12-34(18-30)17-26(35)33-16-21-8-3-4-11-32-21/h3-5,7-9,11,13-15,36H,6,10,12,16-18H2,1-2H3,(H,33,35). The molecule has 3 aromatic rings. The molecule has 1 unspecified atom stereocenters. The third-order valence-electron chi connectivity index (χ3n) is 7.41. The summed E-state index contributed by atoms with van der Waals surface area (Å²) in [5.74, 6) is -1.03. The number of aliphatic hydroxyl groups is 1. The van der Waals surface area contributed by atoms with Crippen molar-refractivity contribution in [2.75, 3.05) is 25.9 Å². The van der Waals surface area contributed by atoms with Gasteiger partial charge in [0.15, 0.2) is 21.2 Å². The highest BCUT2D eigenvalue weighted by molar-refractivity contribution is 7.90. The quantitative estimate of drug-likeness (QED) is 0.391. The topological polar surface area (TPSA) is 126 Å². The molecule has 0 saturated carbocycles. The summed E-state index contributed by atoms with van der Waals surface area (Å²) in [4.78, 5) is 32.0. The summed E-state index contributed by atoms with van der Waals surface area (Å²) in [5.41, 5.74) is 1.83. The molecule has 9 nitrogen and oxygen atoms in total. The Morgan fingerprint density at radius 3 is 2.71 bits per heavy atom. The van der Waals surface area contributed by atoms with Crippen molar-refractivity contribution < 1.29 is 27.9 Å². The summed E-state index contributed by atoms with van der Waals surface area (Å²) in [6.45, 7) is 2.96. The lowest BCUT2D eigenvalue weighted by atomic mass is 9.87. The van der Waals surface area contributed by atoms with Crippen molar-refractivity contribution in [3.05, 3.63) is 88.4 Å². The fraction of sp³-hybridized carbons (Fsp3) is 0.300. The van der Waals surface area contributed by atoms with Crippen LogP contribution in [-0.4, -0.2) is 66.8 Å². The van der Waals surface area contributed by atoms with Gasteiger partial charge in [-0.05, 0) is 79.4 Å². The van der Waals surface area contributed by atoms with E-state index in [4.69, 9.17) is 16.3 Å². The molecule has 2 N–H and O–H groups in total. The fourth-order valence-electron chi connectivity index (χ4n) is 5.38. The highest BCUT2D eigenvalue weighted by atomic mass is 35.5. The molecule has 1 amide bonds. The van der Waals surface area contributed by atoms with E-state index in [1.54, 1.807) is 49.5 Å². The Bertz CT molecular complexity index is 1660. The lowest BCUT2D eigenvalue weighted by molar-refractivity contribution is -0.152. The van der Waals surface area contributed by atoms with E-state index in [9.17, 15) is 23.1 Å². The maximum absolute atomic E-state index is 13.2. The van der Waals surface area contributed by atoms with Crippen LogP contribution in [0, 0.1) is 6.92 Å². The molecule has 41 heavy (non-hydrogen) atoms. The minimum Gasteiger partial charge on any atom is -0.507 e. The van der Waals surface area contributed by atoms with Crippen LogP contribution in [-0.2, 0) is 30.7 Å². The van der Waals surface area contributed by atoms with Crippen LogP contribution >= 0.6 is 11.6 Å². The first-order valence-electron chi connectivity index (χ1n) is 13.1. The molecule has 2 aromatic carbocycles. The third kappa shape index (κ3) is 6.00. The molecule has 0 aliphatic carbocycles. The number of aryl methyl sites for hydroxylation is 1. The Morgan fingerprint density at radius 1 is 1.17 bits per heavy atom. The average molecular weight is 596 g/mol. The number of hydrogen-bond donors (Lipinski definition) is 2. The van der Waals surface area contributed by atoms with Gasteiger partial charge in [-0.3, -0.25) is 14.7 Å². The molecular weight excluding hydrogens is 566 g/mol. The van der Waals surface area contributed by atoms with Gasteiger partial charge >= 0.3 is 5.97 Å². The molecular formula is C30H30ClN3O6S. The van der Waals surface area contributed by atoms with Crippen LogP contribution in [0.2, 0.25) is 5.02 Å². The van der Waals surface area contributed by atoms with Gasteiger partial charge in [0, 0.05) is 29.6 Å². The van der Waals surface area contributed by atoms with Gasteiger partial charge in [0.2, 0.25) is 5.91 Å². The number of benzene rings is 2. The van der Waals surface area contributed by atoms with Gasteiger partial charge < -0.3 is 15.2 Å².